The summed E-state index contributed by atoms with van der Waals surface area (Å²) in [6, 6.07) is 7.47. The molecule has 8 heteroatoms. The molecule has 1 N–H and O–H groups in total. The van der Waals surface area contributed by atoms with E-state index in [0.29, 0.717) is 30.2 Å². The number of anilines is 1. The molecular formula is C27H39N3O4S. The third-order valence-corrected chi connectivity index (χ3v) is 7.06. The predicted molar refractivity (Wildman–Crippen MR) is 142 cm³/mol. The molecule has 3 rings (SSSR count). The van der Waals surface area contributed by atoms with Gasteiger partial charge in [-0.05, 0) is 48.8 Å². The molecule has 0 aliphatic carbocycles. The number of amides is 1. The number of thioether (sulfide) groups is 1. The summed E-state index contributed by atoms with van der Waals surface area (Å²) >= 11 is 1.71. The summed E-state index contributed by atoms with van der Waals surface area (Å²) in [5.41, 5.74) is 3.05. The first-order chi connectivity index (χ1) is 16.6. The number of carbonyl (C=O) groups is 2. The fraction of sp³-hybridized carbons (Fsp3) is 0.593. The molecule has 1 aromatic rings. The highest BCUT2D eigenvalue weighted by molar-refractivity contribution is 8.13. The molecule has 1 saturated heterocycles. The van der Waals surface area contributed by atoms with E-state index in [0.717, 1.165) is 41.6 Å². The van der Waals surface area contributed by atoms with Gasteiger partial charge in [-0.3, -0.25) is 4.79 Å². The van der Waals surface area contributed by atoms with E-state index in [1.165, 1.54) is 0 Å². The number of hydrogen-bond acceptors (Lipinski definition) is 7. The number of esters is 1. The minimum absolute atomic E-state index is 0.00393. The SMILES string of the molecule is COCCOC(=O)C1=C(C)N=C2SCCCN2C1c1cccc(NC(=O)CC(C)CC(C)(C)C)c1. The number of nitrogens with one attached hydrogen (secondary N) is 1. The molecular weight excluding hydrogens is 462 g/mol. The Kier molecular flexibility index (Phi) is 9.41. The predicted octanol–water partition coefficient (Wildman–Crippen LogP) is 5.40. The van der Waals surface area contributed by atoms with Crippen LogP contribution in [0.5, 0.6) is 0 Å². The van der Waals surface area contributed by atoms with Gasteiger partial charge in [0.25, 0.3) is 0 Å². The van der Waals surface area contributed by atoms with Crippen LogP contribution in [-0.4, -0.2) is 54.6 Å². The molecule has 2 aliphatic rings. The van der Waals surface area contributed by atoms with Crippen molar-refractivity contribution < 1.29 is 19.1 Å². The fourth-order valence-corrected chi connectivity index (χ4v) is 5.82. The molecule has 192 valence electrons. The maximum absolute atomic E-state index is 13.1. The Bertz CT molecular complexity index is 983. The zero-order valence-corrected chi connectivity index (χ0v) is 22.7. The van der Waals surface area contributed by atoms with Crippen LogP contribution in [0.15, 0.2) is 40.5 Å². The summed E-state index contributed by atoms with van der Waals surface area (Å²) < 4.78 is 10.5. The molecule has 0 radical (unpaired) electrons. The van der Waals surface area contributed by atoms with E-state index in [9.17, 15) is 9.59 Å². The first kappa shape index (κ1) is 27.3. The van der Waals surface area contributed by atoms with Gasteiger partial charge in [0, 0.05) is 31.5 Å². The summed E-state index contributed by atoms with van der Waals surface area (Å²) in [5, 5.41) is 3.99. The van der Waals surface area contributed by atoms with Crippen molar-refractivity contribution in [2.75, 3.05) is 37.9 Å². The summed E-state index contributed by atoms with van der Waals surface area (Å²) in [6.07, 6.45) is 2.46. The average Bonchev–Trinajstić information content (AvgIpc) is 2.76. The van der Waals surface area contributed by atoms with Gasteiger partial charge in [0.05, 0.1) is 23.9 Å². The van der Waals surface area contributed by atoms with Crippen LogP contribution in [0, 0.1) is 11.3 Å². The molecule has 2 heterocycles. The number of aliphatic imine (C=N–C) groups is 1. The zero-order valence-electron chi connectivity index (χ0n) is 21.8. The van der Waals surface area contributed by atoms with Crippen LogP contribution in [0.2, 0.25) is 0 Å². The molecule has 0 bridgehead atoms. The van der Waals surface area contributed by atoms with Crippen molar-refractivity contribution in [2.45, 2.75) is 59.9 Å². The molecule has 0 spiro atoms. The Balaban J connectivity index is 1.84. The number of methoxy groups -OCH3 is 1. The van der Waals surface area contributed by atoms with Gasteiger partial charge in [-0.2, -0.15) is 0 Å². The van der Waals surface area contributed by atoms with Crippen molar-refractivity contribution >= 4 is 34.5 Å². The van der Waals surface area contributed by atoms with Crippen LogP contribution in [0.3, 0.4) is 0 Å². The highest BCUT2D eigenvalue weighted by Crippen LogP contribution is 2.40. The Hall–Kier alpha value is -2.32. The second-order valence-corrected chi connectivity index (χ2v) is 11.6. The van der Waals surface area contributed by atoms with Crippen molar-refractivity contribution in [3.63, 3.8) is 0 Å². The molecule has 35 heavy (non-hydrogen) atoms. The fourth-order valence-electron chi connectivity index (χ4n) is 4.80. The second kappa shape index (κ2) is 12.1. The number of fused-ring (bicyclic) bond motifs is 1. The molecule has 2 unspecified atom stereocenters. The van der Waals surface area contributed by atoms with E-state index in [-0.39, 0.29) is 29.9 Å². The van der Waals surface area contributed by atoms with Gasteiger partial charge >= 0.3 is 5.97 Å². The molecule has 2 aliphatic heterocycles. The van der Waals surface area contributed by atoms with E-state index >= 15 is 0 Å². The summed E-state index contributed by atoms with van der Waals surface area (Å²) in [4.78, 5) is 32.8. The molecule has 1 amide bonds. The van der Waals surface area contributed by atoms with E-state index < -0.39 is 0 Å². The van der Waals surface area contributed by atoms with Crippen LogP contribution >= 0.6 is 11.8 Å². The lowest BCUT2D eigenvalue weighted by molar-refractivity contribution is -0.141. The van der Waals surface area contributed by atoms with Crippen LogP contribution in [-0.2, 0) is 19.1 Å². The highest BCUT2D eigenvalue weighted by Gasteiger charge is 2.38. The normalized spacial score (nSPS) is 19.1. The summed E-state index contributed by atoms with van der Waals surface area (Å²) in [5.74, 6) is 0.920. The minimum atomic E-state index is -0.381. The number of allylic oxidation sites excluding steroid dienone is 1. The van der Waals surface area contributed by atoms with Gasteiger partial charge in [0.2, 0.25) is 5.91 Å². The van der Waals surface area contributed by atoms with Gasteiger partial charge in [-0.25, -0.2) is 9.79 Å². The van der Waals surface area contributed by atoms with Crippen LogP contribution in [0.4, 0.5) is 5.69 Å². The van der Waals surface area contributed by atoms with E-state index in [4.69, 9.17) is 14.5 Å². The first-order valence-corrected chi connectivity index (χ1v) is 13.3. The Morgan fingerprint density at radius 1 is 1.29 bits per heavy atom. The number of ether oxygens (including phenoxy) is 2. The third-order valence-electron chi connectivity index (χ3n) is 5.98. The molecule has 1 aromatic carbocycles. The van der Waals surface area contributed by atoms with Gasteiger partial charge in [0.15, 0.2) is 5.17 Å². The number of rotatable bonds is 9. The topological polar surface area (TPSA) is 80.2 Å². The molecule has 2 atom stereocenters. The van der Waals surface area contributed by atoms with Crippen molar-refractivity contribution in [1.82, 2.24) is 4.90 Å². The van der Waals surface area contributed by atoms with Gasteiger partial charge in [-0.1, -0.05) is 51.6 Å². The Morgan fingerprint density at radius 2 is 2.06 bits per heavy atom. The smallest absolute Gasteiger partial charge is 0.338 e. The third kappa shape index (κ3) is 7.58. The van der Waals surface area contributed by atoms with Gasteiger partial charge in [-0.15, -0.1) is 0 Å². The number of hydrogen-bond donors (Lipinski definition) is 1. The lowest BCUT2D eigenvalue weighted by Gasteiger charge is -2.40. The van der Waals surface area contributed by atoms with Crippen molar-refractivity contribution in [1.29, 1.82) is 0 Å². The molecule has 0 saturated carbocycles. The lowest BCUT2D eigenvalue weighted by Crippen LogP contribution is -2.42. The number of amidine groups is 1. The Morgan fingerprint density at radius 3 is 2.77 bits per heavy atom. The quantitative estimate of drug-likeness (QED) is 0.360. The maximum atomic E-state index is 13.1. The van der Waals surface area contributed by atoms with E-state index in [1.807, 2.05) is 31.2 Å². The highest BCUT2D eigenvalue weighted by atomic mass is 32.2. The van der Waals surface area contributed by atoms with Crippen LogP contribution < -0.4 is 5.32 Å². The summed E-state index contributed by atoms with van der Waals surface area (Å²) in [7, 11) is 1.58. The van der Waals surface area contributed by atoms with Gasteiger partial charge in [0.1, 0.15) is 6.61 Å². The standard InChI is InChI=1S/C27H39N3O4S/c1-18(17-27(3,4)5)15-22(31)29-21-10-7-9-20(16-21)24-23(25(32)34-13-12-33-6)19(2)28-26-30(24)11-8-14-35-26/h7,9-10,16,18,24H,8,11-15,17H2,1-6H3,(H,29,31). The number of carbonyl (C=O) groups excluding carboxylic acids is 2. The van der Waals surface area contributed by atoms with Crippen molar-refractivity contribution in [2.24, 2.45) is 16.3 Å². The average molecular weight is 502 g/mol. The molecule has 0 aromatic heterocycles. The Labute approximate surface area is 213 Å². The maximum Gasteiger partial charge on any atom is 0.338 e. The van der Waals surface area contributed by atoms with Crippen molar-refractivity contribution in [3.05, 3.63) is 41.1 Å². The molecule has 1 fully saturated rings. The second-order valence-electron chi connectivity index (χ2n) is 10.6. The molecule has 7 nitrogen and oxygen atoms in total. The largest absolute Gasteiger partial charge is 0.460 e. The first-order valence-electron chi connectivity index (χ1n) is 12.3. The van der Waals surface area contributed by atoms with Crippen molar-refractivity contribution in [3.8, 4) is 0 Å². The van der Waals surface area contributed by atoms with Gasteiger partial charge < -0.3 is 19.7 Å². The monoisotopic (exact) mass is 501 g/mol. The number of benzene rings is 1. The van der Waals surface area contributed by atoms with Crippen LogP contribution in [0.1, 0.15) is 65.5 Å². The van der Waals surface area contributed by atoms with Crippen LogP contribution in [0.25, 0.3) is 0 Å². The zero-order chi connectivity index (χ0) is 25.6. The summed E-state index contributed by atoms with van der Waals surface area (Å²) in [6.45, 7) is 11.9. The lowest BCUT2D eigenvalue weighted by atomic mass is 9.84. The van der Waals surface area contributed by atoms with E-state index in [2.05, 4.69) is 37.9 Å². The number of nitrogens with zero attached hydrogens (tertiary/aromatic N) is 2. The minimum Gasteiger partial charge on any atom is -0.460 e. The van der Waals surface area contributed by atoms with E-state index in [1.54, 1.807) is 18.9 Å².